The van der Waals surface area contributed by atoms with Crippen LogP contribution < -0.4 is 0 Å². The van der Waals surface area contributed by atoms with Crippen molar-refractivity contribution in [2.75, 3.05) is 0 Å². The minimum Gasteiger partial charge on any atom is -0.308 e. The average molecular weight is 615 g/mol. The van der Waals surface area contributed by atoms with Crippen LogP contribution in [0.4, 0.5) is 0 Å². The van der Waals surface area contributed by atoms with Gasteiger partial charge in [0.2, 0.25) is 0 Å². The molecule has 11 aromatic rings. The van der Waals surface area contributed by atoms with Gasteiger partial charge in [-0.25, -0.2) is 9.97 Å². The molecule has 0 N–H and O–H groups in total. The number of rotatable bonds is 2. The van der Waals surface area contributed by atoms with Gasteiger partial charge in [0.05, 0.1) is 27.6 Å². The number of thiophene rings is 1. The summed E-state index contributed by atoms with van der Waals surface area (Å²) < 4.78 is 6.17. The van der Waals surface area contributed by atoms with Gasteiger partial charge in [0.1, 0.15) is 16.0 Å². The molecule has 6 aromatic carbocycles. The summed E-state index contributed by atoms with van der Waals surface area (Å²) >= 11 is 1.70. The number of hydrogen-bond acceptors (Lipinski definition) is 3. The smallest absolute Gasteiger partial charge is 0.165 e. The molecule has 5 heterocycles. The topological polar surface area (TPSA) is 35.1 Å². The first kappa shape index (κ1) is 24.3. The van der Waals surface area contributed by atoms with Gasteiger partial charge in [-0.3, -0.25) is 4.57 Å². The van der Waals surface area contributed by atoms with Crippen molar-refractivity contribution in [2.45, 2.75) is 12.8 Å². The Hall–Kier alpha value is -5.96. The lowest BCUT2D eigenvalue weighted by molar-refractivity contribution is 0.870. The first-order valence-corrected chi connectivity index (χ1v) is 16.9. The quantitative estimate of drug-likeness (QED) is 0.194. The molecule has 1 aliphatic rings. The highest BCUT2D eigenvalue weighted by Gasteiger charge is 2.30. The number of para-hydroxylation sites is 1. The second-order valence-electron chi connectivity index (χ2n) is 12.7. The third-order valence-electron chi connectivity index (χ3n) is 10.4. The Bertz CT molecular complexity index is 3120. The summed E-state index contributed by atoms with van der Waals surface area (Å²) in [7, 11) is 0. The summed E-state index contributed by atoms with van der Waals surface area (Å²) in [4.78, 5) is 11.9. The van der Waals surface area contributed by atoms with Gasteiger partial charge in [0, 0.05) is 48.1 Å². The van der Waals surface area contributed by atoms with E-state index in [9.17, 15) is 0 Å². The molecule has 12 rings (SSSR count). The zero-order valence-corrected chi connectivity index (χ0v) is 25.8. The molecule has 0 amide bonds. The summed E-state index contributed by atoms with van der Waals surface area (Å²) in [5, 5.41) is 10.3. The van der Waals surface area contributed by atoms with E-state index in [1.807, 2.05) is 12.1 Å². The van der Waals surface area contributed by atoms with Crippen molar-refractivity contribution in [1.29, 1.82) is 0 Å². The number of benzene rings is 5. The Morgan fingerprint density at radius 3 is 2.47 bits per heavy atom. The predicted octanol–water partition coefficient (Wildman–Crippen LogP) is 10.5. The van der Waals surface area contributed by atoms with E-state index < -0.39 is 0 Å². The van der Waals surface area contributed by atoms with E-state index in [1.54, 1.807) is 11.3 Å². The van der Waals surface area contributed by atoms with Crippen LogP contribution in [0.5, 0.6) is 0 Å². The minimum absolute atomic E-state index is 0.837. The molecule has 0 saturated carbocycles. The molecule has 4 nitrogen and oxygen atoms in total. The average Bonchev–Trinajstić information content (AvgIpc) is 3.75. The number of aromatic nitrogens is 4. The molecule has 0 fully saturated rings. The Morgan fingerprint density at radius 1 is 0.638 bits per heavy atom. The summed E-state index contributed by atoms with van der Waals surface area (Å²) in [5.74, 6) is 0.858. The number of fused-ring (bicyclic) bond motifs is 7. The zero-order chi connectivity index (χ0) is 30.4. The maximum atomic E-state index is 5.56. The monoisotopic (exact) mass is 614 g/mol. The molecule has 0 aliphatic heterocycles. The lowest BCUT2D eigenvalue weighted by Gasteiger charge is -2.18. The summed E-state index contributed by atoms with van der Waals surface area (Å²) in [6.45, 7) is 0. The van der Waals surface area contributed by atoms with Crippen LogP contribution in [0.1, 0.15) is 11.3 Å². The lowest BCUT2D eigenvalue weighted by Crippen LogP contribution is -2.09. The fourth-order valence-corrected chi connectivity index (χ4v) is 9.57. The second kappa shape index (κ2) is 8.44. The fourth-order valence-electron chi connectivity index (χ4n) is 8.56. The van der Waals surface area contributed by atoms with E-state index in [-0.39, 0.29) is 0 Å². The van der Waals surface area contributed by atoms with Crippen molar-refractivity contribution in [3.05, 3.63) is 133 Å². The summed E-state index contributed by atoms with van der Waals surface area (Å²) in [5.41, 5.74) is 10.4. The lowest BCUT2D eigenvalue weighted by atomic mass is 9.91. The van der Waals surface area contributed by atoms with Gasteiger partial charge in [-0.1, -0.05) is 84.9 Å². The minimum atomic E-state index is 0.837. The van der Waals surface area contributed by atoms with E-state index in [0.29, 0.717) is 0 Å². The molecule has 5 aromatic heterocycles. The van der Waals surface area contributed by atoms with E-state index in [1.165, 1.54) is 75.7 Å². The molecule has 0 unspecified atom stereocenters. The molecule has 0 saturated heterocycles. The standard InChI is InChI=1S/C42H22N4S/c1-2-9-25(10-3-1)38-41(43-39-28-13-5-7-16-33(28)47-42(39)44-38)46-31-21-18-23-11-8-15-30-34(23)36(31)37-32(46)22-19-24-17-20-27-26-12-4-6-14-29(26)45(30)40(27)35(24)37/h1-2,4-9,11-18,20-21H,19,22H2. The molecular formula is C42H22N4S. The van der Waals surface area contributed by atoms with Crippen molar-refractivity contribution in [2.24, 2.45) is 0 Å². The largest absolute Gasteiger partial charge is 0.308 e. The van der Waals surface area contributed by atoms with Gasteiger partial charge < -0.3 is 4.40 Å². The van der Waals surface area contributed by atoms with Crippen LogP contribution in [0.25, 0.3) is 97.3 Å². The Labute approximate surface area is 272 Å². The highest BCUT2D eigenvalue weighted by Crippen LogP contribution is 2.48. The van der Waals surface area contributed by atoms with Crippen molar-refractivity contribution < 1.29 is 0 Å². The molecule has 0 radical (unpaired) electrons. The highest BCUT2D eigenvalue weighted by atomic mass is 32.1. The maximum absolute atomic E-state index is 5.56. The van der Waals surface area contributed by atoms with Crippen molar-refractivity contribution in [3.63, 3.8) is 0 Å². The van der Waals surface area contributed by atoms with Crippen LogP contribution in [0, 0.1) is 12.1 Å². The van der Waals surface area contributed by atoms with Gasteiger partial charge in [0.15, 0.2) is 5.82 Å². The molecule has 47 heavy (non-hydrogen) atoms. The third-order valence-corrected chi connectivity index (χ3v) is 11.5. The van der Waals surface area contributed by atoms with Crippen LogP contribution >= 0.6 is 11.3 Å². The van der Waals surface area contributed by atoms with Crippen LogP contribution in [-0.2, 0) is 12.8 Å². The van der Waals surface area contributed by atoms with Crippen molar-refractivity contribution >= 4 is 91.5 Å². The number of hydrogen-bond donors (Lipinski definition) is 0. The van der Waals surface area contributed by atoms with Crippen molar-refractivity contribution in [3.8, 4) is 17.1 Å². The van der Waals surface area contributed by atoms with Crippen LogP contribution in [0.2, 0.25) is 0 Å². The SMILES string of the molecule is c1cccc(-c2nc3sc4ccccc4c3nc2-n2c3c4c5c(ccc6c7ccccc7n(c7cccc8ccc2c4c87)c65)CC3)c#1. The number of aryl methyl sites for hydroxylation is 2. The zero-order valence-electron chi connectivity index (χ0n) is 25.0. The van der Waals surface area contributed by atoms with Crippen molar-refractivity contribution in [1.82, 2.24) is 18.9 Å². The molecular weight excluding hydrogens is 593 g/mol. The normalized spacial score (nSPS) is 13.2. The van der Waals surface area contributed by atoms with E-state index in [2.05, 4.69) is 118 Å². The highest BCUT2D eigenvalue weighted by molar-refractivity contribution is 7.25. The van der Waals surface area contributed by atoms with Crippen LogP contribution in [0.3, 0.4) is 0 Å². The van der Waals surface area contributed by atoms with Gasteiger partial charge >= 0.3 is 0 Å². The first-order chi connectivity index (χ1) is 23.3. The Morgan fingerprint density at radius 2 is 1.53 bits per heavy atom. The molecule has 1 aliphatic carbocycles. The first-order valence-electron chi connectivity index (χ1n) is 16.1. The summed E-state index contributed by atoms with van der Waals surface area (Å²) in [6.07, 6.45) is 1.88. The Balaban J connectivity index is 1.36. The third kappa shape index (κ3) is 2.91. The molecule has 0 spiro atoms. The summed E-state index contributed by atoms with van der Waals surface area (Å²) in [6, 6.07) is 46.0. The van der Waals surface area contributed by atoms with Crippen LogP contribution in [-0.4, -0.2) is 18.9 Å². The predicted molar refractivity (Wildman–Crippen MR) is 194 cm³/mol. The van der Waals surface area contributed by atoms with Gasteiger partial charge in [0.25, 0.3) is 0 Å². The molecule has 5 heteroatoms. The molecule has 0 bridgehead atoms. The molecule has 216 valence electrons. The van der Waals surface area contributed by atoms with Gasteiger partial charge in [-0.2, -0.15) is 0 Å². The Kier molecular flexibility index (Phi) is 4.36. The molecule has 0 atom stereocenters. The fraction of sp³-hybridized carbons (Fsp3) is 0.0476. The second-order valence-corrected chi connectivity index (χ2v) is 13.7. The van der Waals surface area contributed by atoms with E-state index in [4.69, 9.17) is 9.97 Å². The van der Waals surface area contributed by atoms with Gasteiger partial charge in [-0.05, 0) is 60.2 Å². The van der Waals surface area contributed by atoms with Crippen LogP contribution in [0.15, 0.2) is 109 Å². The number of nitrogens with zero attached hydrogens (tertiary/aromatic N) is 4. The maximum Gasteiger partial charge on any atom is 0.165 e. The van der Waals surface area contributed by atoms with Gasteiger partial charge in [-0.15, -0.1) is 11.3 Å². The van der Waals surface area contributed by atoms with E-state index >= 15 is 0 Å². The van der Waals surface area contributed by atoms with E-state index in [0.717, 1.165) is 45.7 Å².